The Morgan fingerprint density at radius 1 is 1.00 bits per heavy atom. The van der Waals surface area contributed by atoms with Crippen molar-refractivity contribution in [3.8, 4) is 0 Å². The van der Waals surface area contributed by atoms with Crippen molar-refractivity contribution in [2.45, 2.75) is 6.04 Å². The van der Waals surface area contributed by atoms with Crippen molar-refractivity contribution in [3.05, 3.63) is 94.2 Å². The van der Waals surface area contributed by atoms with E-state index in [1.165, 1.54) is 16.2 Å². The number of fused-ring (bicyclic) bond motifs is 1. The van der Waals surface area contributed by atoms with Gasteiger partial charge in [0.25, 0.3) is 5.78 Å². The molecule has 1 aliphatic rings. The predicted octanol–water partition coefficient (Wildman–Crippen LogP) is 5.08. The number of benzene rings is 2. The van der Waals surface area contributed by atoms with Gasteiger partial charge in [-0.3, -0.25) is 19.5 Å². The molecule has 1 atom stereocenters. The predicted molar refractivity (Wildman–Crippen MR) is 123 cm³/mol. The van der Waals surface area contributed by atoms with Crippen LogP contribution in [0.4, 0.5) is 5.13 Å². The first-order valence-electron chi connectivity index (χ1n) is 9.38. The zero-order valence-electron chi connectivity index (χ0n) is 15.9. The Labute approximate surface area is 189 Å². The van der Waals surface area contributed by atoms with Crippen LogP contribution in [-0.2, 0) is 9.59 Å². The Morgan fingerprint density at radius 2 is 1.74 bits per heavy atom. The standard InChI is InChI=1S/C23H14BrN3O3S/c24-14-10-8-13(9-11-14)20(28)18-19(16-6-3-4-12-25-16)27(22(30)21(18)29)23-26-15-5-1-2-7-17(15)31-23/h1-12,19,28H/b20-18+. The van der Waals surface area contributed by atoms with E-state index >= 15 is 0 Å². The van der Waals surface area contributed by atoms with Gasteiger partial charge in [-0.05, 0) is 36.4 Å². The summed E-state index contributed by atoms with van der Waals surface area (Å²) in [7, 11) is 0. The van der Waals surface area contributed by atoms with Crippen LogP contribution in [0.2, 0.25) is 0 Å². The zero-order valence-corrected chi connectivity index (χ0v) is 18.3. The average molecular weight is 492 g/mol. The maximum Gasteiger partial charge on any atom is 0.301 e. The second kappa shape index (κ2) is 7.72. The number of pyridine rings is 1. The maximum atomic E-state index is 13.1. The molecule has 1 aliphatic heterocycles. The lowest BCUT2D eigenvalue weighted by molar-refractivity contribution is -0.132. The van der Waals surface area contributed by atoms with Gasteiger partial charge in [0.1, 0.15) is 11.8 Å². The van der Waals surface area contributed by atoms with Crippen LogP contribution in [-0.4, -0.2) is 26.8 Å². The summed E-state index contributed by atoms with van der Waals surface area (Å²) in [4.78, 5) is 36.5. The fraction of sp³-hybridized carbons (Fsp3) is 0.0435. The third kappa shape index (κ3) is 3.34. The summed E-state index contributed by atoms with van der Waals surface area (Å²) >= 11 is 4.67. The molecule has 31 heavy (non-hydrogen) atoms. The first kappa shape index (κ1) is 19.6. The number of ketones is 1. The highest BCUT2D eigenvalue weighted by molar-refractivity contribution is 9.10. The highest BCUT2D eigenvalue weighted by atomic mass is 79.9. The Bertz CT molecular complexity index is 1320. The van der Waals surface area contributed by atoms with Crippen LogP contribution >= 0.6 is 27.3 Å². The zero-order chi connectivity index (χ0) is 21.5. The molecule has 1 fully saturated rings. The van der Waals surface area contributed by atoms with E-state index in [9.17, 15) is 14.7 Å². The number of halogens is 1. The molecule has 1 unspecified atom stereocenters. The van der Waals surface area contributed by atoms with Gasteiger partial charge in [0, 0.05) is 16.2 Å². The van der Waals surface area contributed by atoms with Crippen LogP contribution in [0, 0.1) is 0 Å². The number of anilines is 1. The van der Waals surface area contributed by atoms with Gasteiger partial charge in [-0.15, -0.1) is 0 Å². The summed E-state index contributed by atoms with van der Waals surface area (Å²) in [5.41, 5.74) is 1.63. The van der Waals surface area contributed by atoms with E-state index in [1.807, 2.05) is 24.3 Å². The summed E-state index contributed by atoms with van der Waals surface area (Å²) in [5.74, 6) is -1.76. The van der Waals surface area contributed by atoms with E-state index in [1.54, 1.807) is 48.7 Å². The highest BCUT2D eigenvalue weighted by Crippen LogP contribution is 2.43. The van der Waals surface area contributed by atoms with Gasteiger partial charge in [-0.2, -0.15) is 0 Å². The lowest BCUT2D eigenvalue weighted by atomic mass is 9.98. The number of hydrogen-bond acceptors (Lipinski definition) is 6. The van der Waals surface area contributed by atoms with Gasteiger partial charge >= 0.3 is 5.91 Å². The number of para-hydroxylation sites is 1. The Morgan fingerprint density at radius 3 is 2.45 bits per heavy atom. The van der Waals surface area contributed by atoms with Gasteiger partial charge in [-0.1, -0.05) is 57.6 Å². The fourth-order valence-corrected chi connectivity index (χ4v) is 4.83. The first-order valence-corrected chi connectivity index (χ1v) is 11.0. The minimum atomic E-state index is -0.884. The van der Waals surface area contributed by atoms with E-state index in [2.05, 4.69) is 25.9 Å². The van der Waals surface area contributed by atoms with Crippen LogP contribution in [0.25, 0.3) is 16.0 Å². The molecule has 8 heteroatoms. The van der Waals surface area contributed by atoms with Crippen molar-refractivity contribution in [3.63, 3.8) is 0 Å². The minimum absolute atomic E-state index is 0.00900. The Balaban J connectivity index is 1.73. The van der Waals surface area contributed by atoms with E-state index < -0.39 is 17.7 Å². The van der Waals surface area contributed by atoms with Crippen molar-refractivity contribution in [1.29, 1.82) is 0 Å². The maximum absolute atomic E-state index is 13.1. The number of nitrogens with zero attached hydrogens (tertiary/aromatic N) is 3. The average Bonchev–Trinajstić information content (AvgIpc) is 3.33. The third-order valence-electron chi connectivity index (χ3n) is 5.02. The molecule has 1 saturated heterocycles. The number of aliphatic hydroxyl groups is 1. The largest absolute Gasteiger partial charge is 0.507 e. The molecule has 3 heterocycles. The molecule has 0 spiro atoms. The quantitative estimate of drug-likeness (QED) is 0.245. The molecule has 5 rings (SSSR count). The molecule has 0 bridgehead atoms. The first-order chi connectivity index (χ1) is 15.0. The van der Waals surface area contributed by atoms with Gasteiger partial charge in [-0.25, -0.2) is 4.98 Å². The van der Waals surface area contributed by atoms with E-state index in [0.29, 0.717) is 16.4 Å². The number of aliphatic hydroxyl groups excluding tert-OH is 1. The minimum Gasteiger partial charge on any atom is -0.507 e. The number of carbonyl (C=O) groups excluding carboxylic acids is 2. The van der Waals surface area contributed by atoms with Crippen molar-refractivity contribution in [1.82, 2.24) is 9.97 Å². The number of thiazole rings is 1. The number of amides is 1. The van der Waals surface area contributed by atoms with Crippen LogP contribution in [0.1, 0.15) is 17.3 Å². The van der Waals surface area contributed by atoms with Gasteiger partial charge < -0.3 is 5.11 Å². The SMILES string of the molecule is O=C1C(=O)N(c2nc3ccccc3s2)C(c2ccccn2)/C1=C(\O)c1ccc(Br)cc1. The molecular weight excluding hydrogens is 478 g/mol. The van der Waals surface area contributed by atoms with Gasteiger partial charge in [0.2, 0.25) is 0 Å². The monoisotopic (exact) mass is 491 g/mol. The van der Waals surface area contributed by atoms with Gasteiger partial charge in [0.15, 0.2) is 5.13 Å². The molecule has 4 aromatic rings. The van der Waals surface area contributed by atoms with Crippen molar-refractivity contribution in [2.24, 2.45) is 0 Å². The molecule has 152 valence electrons. The molecule has 0 aliphatic carbocycles. The van der Waals surface area contributed by atoms with E-state index in [0.717, 1.165) is 14.7 Å². The highest BCUT2D eigenvalue weighted by Gasteiger charge is 2.48. The molecule has 2 aromatic heterocycles. The fourth-order valence-electron chi connectivity index (χ4n) is 3.57. The smallest absolute Gasteiger partial charge is 0.301 e. The van der Waals surface area contributed by atoms with Crippen molar-refractivity contribution >= 4 is 60.1 Å². The Kier molecular flexibility index (Phi) is 4.88. The van der Waals surface area contributed by atoms with Crippen LogP contribution < -0.4 is 4.90 Å². The molecule has 2 aromatic carbocycles. The lowest BCUT2D eigenvalue weighted by Gasteiger charge is -2.21. The van der Waals surface area contributed by atoms with Crippen molar-refractivity contribution < 1.29 is 14.7 Å². The van der Waals surface area contributed by atoms with Crippen LogP contribution in [0.5, 0.6) is 0 Å². The lowest BCUT2D eigenvalue weighted by Crippen LogP contribution is -2.29. The Hall–Kier alpha value is -3.36. The summed E-state index contributed by atoms with van der Waals surface area (Å²) in [6.07, 6.45) is 1.59. The summed E-state index contributed by atoms with van der Waals surface area (Å²) in [6.45, 7) is 0. The number of aromatic nitrogens is 2. The summed E-state index contributed by atoms with van der Waals surface area (Å²) in [6, 6.07) is 18.8. The second-order valence-corrected chi connectivity index (χ2v) is 8.82. The van der Waals surface area contributed by atoms with Crippen LogP contribution in [0.3, 0.4) is 0 Å². The molecule has 0 saturated carbocycles. The normalized spacial score (nSPS) is 18.1. The summed E-state index contributed by atoms with van der Waals surface area (Å²) in [5, 5.41) is 11.4. The number of Topliss-reactive ketones (excluding diaryl/α,β-unsaturated/α-hetero) is 1. The molecule has 6 nitrogen and oxygen atoms in total. The third-order valence-corrected chi connectivity index (χ3v) is 6.58. The molecule has 1 N–H and O–H groups in total. The van der Waals surface area contributed by atoms with E-state index in [-0.39, 0.29) is 11.3 Å². The second-order valence-electron chi connectivity index (χ2n) is 6.89. The summed E-state index contributed by atoms with van der Waals surface area (Å²) < 4.78 is 1.73. The molecular formula is C23H14BrN3O3S. The van der Waals surface area contributed by atoms with Crippen LogP contribution in [0.15, 0.2) is 83.0 Å². The number of hydrogen-bond donors (Lipinski definition) is 1. The molecule has 0 radical (unpaired) electrons. The van der Waals surface area contributed by atoms with Crippen molar-refractivity contribution in [2.75, 3.05) is 4.90 Å². The topological polar surface area (TPSA) is 83.4 Å². The number of rotatable bonds is 3. The molecule has 1 amide bonds. The van der Waals surface area contributed by atoms with E-state index in [4.69, 9.17) is 0 Å². The van der Waals surface area contributed by atoms with Gasteiger partial charge in [0.05, 0.1) is 21.5 Å². The number of carbonyl (C=O) groups is 2.